The minimum Gasteiger partial charge on any atom is -0.490 e. The number of rotatable bonds is 3. The van der Waals surface area contributed by atoms with Crippen molar-refractivity contribution in [2.45, 2.75) is 18.9 Å². The minimum absolute atomic E-state index is 0.435. The average Bonchev–Trinajstić information content (AvgIpc) is 3.09. The van der Waals surface area contributed by atoms with Gasteiger partial charge in [-0.15, -0.1) is 0 Å². The molecule has 0 bridgehead atoms. The summed E-state index contributed by atoms with van der Waals surface area (Å²) in [5.74, 6) is 1.61. The average molecular weight is 229 g/mol. The van der Waals surface area contributed by atoms with Gasteiger partial charge in [0, 0.05) is 12.6 Å². The molecule has 4 heteroatoms. The molecular weight excluding hydrogens is 214 g/mol. The molecule has 0 saturated heterocycles. The van der Waals surface area contributed by atoms with Crippen LogP contribution in [0, 0.1) is 0 Å². The second kappa shape index (κ2) is 3.80. The number of hydrogen-bond donors (Lipinski definition) is 1. The van der Waals surface area contributed by atoms with Crippen molar-refractivity contribution in [2.75, 3.05) is 5.73 Å². The van der Waals surface area contributed by atoms with Gasteiger partial charge in [0.2, 0.25) is 0 Å². The first-order valence-electron chi connectivity index (χ1n) is 5.78. The Morgan fingerprint density at radius 2 is 2.00 bits per heavy atom. The maximum absolute atomic E-state index is 5.93. The summed E-state index contributed by atoms with van der Waals surface area (Å²) in [4.78, 5) is 0. The Morgan fingerprint density at radius 3 is 2.53 bits per heavy atom. The van der Waals surface area contributed by atoms with Crippen LogP contribution in [-0.2, 0) is 7.05 Å². The van der Waals surface area contributed by atoms with Gasteiger partial charge in [-0.05, 0) is 30.5 Å². The predicted molar refractivity (Wildman–Crippen MR) is 66.7 cm³/mol. The highest BCUT2D eigenvalue weighted by Gasteiger charge is 2.23. The first kappa shape index (κ1) is 10.2. The number of aryl methyl sites for hydroxylation is 1. The van der Waals surface area contributed by atoms with Crippen LogP contribution in [-0.4, -0.2) is 15.9 Å². The fraction of sp³-hybridized carbons (Fsp3) is 0.308. The van der Waals surface area contributed by atoms with Gasteiger partial charge in [-0.2, -0.15) is 5.10 Å². The lowest BCUT2D eigenvalue weighted by molar-refractivity contribution is 0.303. The third-order valence-electron chi connectivity index (χ3n) is 2.98. The number of benzene rings is 1. The van der Waals surface area contributed by atoms with Crippen molar-refractivity contribution < 1.29 is 4.74 Å². The third kappa shape index (κ3) is 1.98. The quantitative estimate of drug-likeness (QED) is 0.877. The lowest BCUT2D eigenvalue weighted by Crippen LogP contribution is -1.98. The first-order chi connectivity index (χ1) is 8.24. The second-order valence-electron chi connectivity index (χ2n) is 4.41. The Balaban J connectivity index is 1.85. The van der Waals surface area contributed by atoms with Crippen LogP contribution in [0.25, 0.3) is 11.1 Å². The molecule has 1 aliphatic rings. The molecule has 3 rings (SSSR count). The largest absolute Gasteiger partial charge is 0.490 e. The topological polar surface area (TPSA) is 53.1 Å². The molecule has 0 atom stereocenters. The Labute approximate surface area is 100 Å². The maximum Gasteiger partial charge on any atom is 0.129 e. The number of hydrogen-bond acceptors (Lipinski definition) is 3. The van der Waals surface area contributed by atoms with E-state index in [1.54, 1.807) is 10.9 Å². The fourth-order valence-corrected chi connectivity index (χ4v) is 1.76. The Morgan fingerprint density at radius 1 is 1.29 bits per heavy atom. The minimum atomic E-state index is 0.435. The zero-order chi connectivity index (χ0) is 11.8. The molecule has 1 aliphatic carbocycles. The molecule has 0 aliphatic heterocycles. The van der Waals surface area contributed by atoms with Crippen molar-refractivity contribution in [3.05, 3.63) is 30.5 Å². The summed E-state index contributed by atoms with van der Waals surface area (Å²) in [7, 11) is 1.84. The van der Waals surface area contributed by atoms with Gasteiger partial charge in [0.25, 0.3) is 0 Å². The number of nitrogen functional groups attached to an aromatic ring is 1. The van der Waals surface area contributed by atoms with E-state index in [0.717, 1.165) is 16.9 Å². The summed E-state index contributed by atoms with van der Waals surface area (Å²) in [6.07, 6.45) is 4.57. The van der Waals surface area contributed by atoms with Gasteiger partial charge in [0.15, 0.2) is 0 Å². The molecule has 1 saturated carbocycles. The Hall–Kier alpha value is -1.97. The molecule has 1 aromatic heterocycles. The second-order valence-corrected chi connectivity index (χ2v) is 4.41. The molecule has 2 aromatic rings. The zero-order valence-electron chi connectivity index (χ0n) is 9.76. The summed E-state index contributed by atoms with van der Waals surface area (Å²) in [5, 5.41) is 4.13. The van der Waals surface area contributed by atoms with E-state index in [-0.39, 0.29) is 0 Å². The molecule has 0 amide bonds. The van der Waals surface area contributed by atoms with E-state index in [9.17, 15) is 0 Å². The number of ether oxygens (including phenoxy) is 1. The lowest BCUT2D eigenvalue weighted by atomic mass is 10.1. The smallest absolute Gasteiger partial charge is 0.129 e. The van der Waals surface area contributed by atoms with Crippen LogP contribution >= 0.6 is 0 Å². The maximum atomic E-state index is 5.93. The van der Waals surface area contributed by atoms with Crippen LogP contribution in [0.4, 0.5) is 5.82 Å². The molecule has 1 aromatic carbocycles. The highest BCUT2D eigenvalue weighted by atomic mass is 16.5. The highest BCUT2D eigenvalue weighted by molar-refractivity contribution is 5.73. The van der Waals surface area contributed by atoms with Crippen molar-refractivity contribution in [3.63, 3.8) is 0 Å². The molecule has 0 spiro atoms. The Bertz CT molecular complexity index is 526. The van der Waals surface area contributed by atoms with Crippen molar-refractivity contribution in [2.24, 2.45) is 7.05 Å². The monoisotopic (exact) mass is 229 g/mol. The highest BCUT2D eigenvalue weighted by Crippen LogP contribution is 2.30. The van der Waals surface area contributed by atoms with Gasteiger partial charge in [-0.1, -0.05) is 12.1 Å². The molecule has 88 valence electrons. The van der Waals surface area contributed by atoms with Crippen LogP contribution in [0.3, 0.4) is 0 Å². The van der Waals surface area contributed by atoms with Gasteiger partial charge in [0.05, 0.1) is 12.3 Å². The fourth-order valence-electron chi connectivity index (χ4n) is 1.76. The van der Waals surface area contributed by atoms with Crippen molar-refractivity contribution in [3.8, 4) is 16.9 Å². The standard InChI is InChI=1S/C13H15N3O/c1-16-13(14)12(8-15-16)9-2-4-10(5-3-9)17-11-6-7-11/h2-5,8,11H,6-7,14H2,1H3. The van der Waals surface area contributed by atoms with Crippen molar-refractivity contribution in [1.82, 2.24) is 9.78 Å². The normalized spacial score (nSPS) is 14.9. The predicted octanol–water partition coefficient (Wildman–Crippen LogP) is 2.21. The van der Waals surface area contributed by atoms with Gasteiger partial charge in [-0.25, -0.2) is 0 Å². The number of aromatic nitrogens is 2. The summed E-state index contributed by atoms with van der Waals surface area (Å²) in [5.41, 5.74) is 7.96. The van der Waals surface area contributed by atoms with E-state index in [1.165, 1.54) is 12.8 Å². The summed E-state index contributed by atoms with van der Waals surface area (Å²) in [6.45, 7) is 0. The van der Waals surface area contributed by atoms with Crippen molar-refractivity contribution >= 4 is 5.82 Å². The van der Waals surface area contributed by atoms with Gasteiger partial charge >= 0.3 is 0 Å². The molecule has 4 nitrogen and oxygen atoms in total. The molecule has 0 radical (unpaired) electrons. The SMILES string of the molecule is Cn1ncc(-c2ccc(OC3CC3)cc2)c1N. The molecule has 0 unspecified atom stereocenters. The molecule has 17 heavy (non-hydrogen) atoms. The van der Waals surface area contributed by atoms with Crippen LogP contribution < -0.4 is 10.5 Å². The van der Waals surface area contributed by atoms with Gasteiger partial charge in [0.1, 0.15) is 11.6 Å². The van der Waals surface area contributed by atoms with E-state index in [0.29, 0.717) is 11.9 Å². The number of anilines is 1. The van der Waals surface area contributed by atoms with Crippen molar-refractivity contribution in [1.29, 1.82) is 0 Å². The lowest BCUT2D eigenvalue weighted by Gasteiger charge is -2.05. The summed E-state index contributed by atoms with van der Waals surface area (Å²) < 4.78 is 7.37. The number of nitrogens with zero attached hydrogens (tertiary/aromatic N) is 2. The van der Waals surface area contributed by atoms with Crippen LogP contribution in [0.1, 0.15) is 12.8 Å². The van der Waals surface area contributed by atoms with E-state index < -0.39 is 0 Å². The molecular formula is C13H15N3O. The summed E-state index contributed by atoms with van der Waals surface area (Å²) in [6, 6.07) is 8.01. The van der Waals surface area contributed by atoms with Crippen LogP contribution in [0.15, 0.2) is 30.5 Å². The van der Waals surface area contributed by atoms with Crippen LogP contribution in [0.2, 0.25) is 0 Å². The number of nitrogens with two attached hydrogens (primary N) is 1. The first-order valence-corrected chi connectivity index (χ1v) is 5.78. The third-order valence-corrected chi connectivity index (χ3v) is 2.98. The summed E-state index contributed by atoms with van der Waals surface area (Å²) >= 11 is 0. The van der Waals surface area contributed by atoms with E-state index in [4.69, 9.17) is 10.5 Å². The van der Waals surface area contributed by atoms with E-state index >= 15 is 0 Å². The molecule has 1 fully saturated rings. The Kier molecular flexibility index (Phi) is 2.28. The zero-order valence-corrected chi connectivity index (χ0v) is 9.76. The van der Waals surface area contributed by atoms with E-state index in [2.05, 4.69) is 5.10 Å². The molecule has 2 N–H and O–H groups in total. The van der Waals surface area contributed by atoms with Crippen LogP contribution in [0.5, 0.6) is 5.75 Å². The van der Waals surface area contributed by atoms with Gasteiger partial charge in [-0.3, -0.25) is 4.68 Å². The molecule has 1 heterocycles. The van der Waals surface area contributed by atoms with E-state index in [1.807, 2.05) is 31.3 Å². The van der Waals surface area contributed by atoms with Gasteiger partial charge < -0.3 is 10.5 Å².